The quantitative estimate of drug-likeness (QED) is 0.620. The zero-order valence-electron chi connectivity index (χ0n) is 11.1. The maximum Gasteiger partial charge on any atom is 0.259 e. The van der Waals surface area contributed by atoms with Gasteiger partial charge in [-0.1, -0.05) is 27.2 Å². The van der Waals surface area contributed by atoms with Crippen molar-refractivity contribution in [2.75, 3.05) is 0 Å². The molecular formula is C13H21NO4. The molecule has 0 aliphatic carbocycles. The smallest absolute Gasteiger partial charge is 0.259 e. The van der Waals surface area contributed by atoms with Crippen LogP contribution in [-0.4, -0.2) is 34.0 Å². The van der Waals surface area contributed by atoms with E-state index in [9.17, 15) is 19.8 Å². The van der Waals surface area contributed by atoms with Crippen molar-refractivity contribution in [3.8, 4) is 0 Å². The second-order valence-electron chi connectivity index (χ2n) is 5.03. The van der Waals surface area contributed by atoms with Crippen molar-refractivity contribution in [2.45, 2.75) is 52.2 Å². The highest BCUT2D eigenvalue weighted by Gasteiger charge is 2.37. The second kappa shape index (κ2) is 6.00. The molecular weight excluding hydrogens is 234 g/mol. The summed E-state index contributed by atoms with van der Waals surface area (Å²) < 4.78 is 0. The molecule has 0 aromatic rings. The summed E-state index contributed by atoms with van der Waals surface area (Å²) in [6.07, 6.45) is 0.398. The van der Waals surface area contributed by atoms with Crippen LogP contribution in [0.15, 0.2) is 11.3 Å². The third kappa shape index (κ3) is 3.10. The van der Waals surface area contributed by atoms with Crippen molar-refractivity contribution in [3.63, 3.8) is 0 Å². The first kappa shape index (κ1) is 14.7. The Labute approximate surface area is 107 Å². The average molecular weight is 255 g/mol. The largest absolute Gasteiger partial charge is 0.509 e. The van der Waals surface area contributed by atoms with Gasteiger partial charge in [-0.25, -0.2) is 0 Å². The zero-order valence-corrected chi connectivity index (χ0v) is 11.1. The third-order valence-corrected chi connectivity index (χ3v) is 3.05. The molecule has 2 unspecified atom stereocenters. The van der Waals surface area contributed by atoms with Crippen molar-refractivity contribution in [3.05, 3.63) is 11.3 Å². The zero-order chi connectivity index (χ0) is 13.9. The molecule has 0 aromatic heterocycles. The summed E-state index contributed by atoms with van der Waals surface area (Å²) >= 11 is 0. The van der Waals surface area contributed by atoms with Gasteiger partial charge in [-0.2, -0.15) is 0 Å². The number of nitrogens with one attached hydrogen (secondary N) is 1. The van der Waals surface area contributed by atoms with E-state index in [-0.39, 0.29) is 23.7 Å². The standard InChI is InChI=1S/C13H21NO4/c1-4-5-8(15)6-9(16)10-12(17)11(7(2)3)14-13(10)18/h7-8,11,15,17H,4-6H2,1-3H3,(H,14,18). The van der Waals surface area contributed by atoms with E-state index < -0.39 is 23.8 Å². The SMILES string of the molecule is CCCC(O)CC(=O)C1=C(O)C(C(C)C)NC1=O. The van der Waals surface area contributed by atoms with Gasteiger partial charge >= 0.3 is 0 Å². The maximum absolute atomic E-state index is 11.9. The van der Waals surface area contributed by atoms with Crippen LogP contribution in [0.2, 0.25) is 0 Å². The van der Waals surface area contributed by atoms with Gasteiger partial charge in [0.05, 0.1) is 12.1 Å². The van der Waals surface area contributed by atoms with Crippen LogP contribution in [0.5, 0.6) is 0 Å². The Morgan fingerprint density at radius 1 is 1.44 bits per heavy atom. The Hall–Kier alpha value is -1.36. The first-order valence-electron chi connectivity index (χ1n) is 6.33. The topological polar surface area (TPSA) is 86.6 Å². The minimum Gasteiger partial charge on any atom is -0.509 e. The lowest BCUT2D eigenvalue weighted by molar-refractivity contribution is -0.123. The molecule has 0 bridgehead atoms. The predicted octanol–water partition coefficient (Wildman–Crippen LogP) is 1.07. The maximum atomic E-state index is 11.9. The highest BCUT2D eigenvalue weighted by Crippen LogP contribution is 2.23. The molecule has 5 heteroatoms. The first-order chi connectivity index (χ1) is 8.38. The number of carbonyl (C=O) groups is 2. The summed E-state index contributed by atoms with van der Waals surface area (Å²) in [6.45, 7) is 5.60. The Bertz CT molecular complexity index is 373. The van der Waals surface area contributed by atoms with E-state index in [1.165, 1.54) is 0 Å². The average Bonchev–Trinajstić information content (AvgIpc) is 2.54. The van der Waals surface area contributed by atoms with E-state index in [4.69, 9.17) is 0 Å². The molecule has 0 saturated heterocycles. The number of rotatable bonds is 6. The Kier molecular flexibility index (Phi) is 4.90. The molecule has 0 fully saturated rings. The minimum atomic E-state index is -0.756. The van der Waals surface area contributed by atoms with Crippen molar-refractivity contribution < 1.29 is 19.8 Å². The summed E-state index contributed by atoms with van der Waals surface area (Å²) in [7, 11) is 0. The van der Waals surface area contributed by atoms with E-state index in [1.807, 2.05) is 20.8 Å². The molecule has 1 aliphatic rings. The number of carbonyl (C=O) groups excluding carboxylic acids is 2. The number of Topliss-reactive ketones (excluding diaryl/α,β-unsaturated/α-hetero) is 1. The van der Waals surface area contributed by atoms with Gasteiger partial charge in [0.15, 0.2) is 5.78 Å². The molecule has 2 atom stereocenters. The molecule has 3 N–H and O–H groups in total. The third-order valence-electron chi connectivity index (χ3n) is 3.05. The summed E-state index contributed by atoms with van der Waals surface area (Å²) in [4.78, 5) is 23.5. The highest BCUT2D eigenvalue weighted by atomic mass is 16.3. The van der Waals surface area contributed by atoms with Crippen LogP contribution in [0, 0.1) is 5.92 Å². The van der Waals surface area contributed by atoms with E-state index in [2.05, 4.69) is 5.32 Å². The van der Waals surface area contributed by atoms with Crippen molar-refractivity contribution in [1.29, 1.82) is 0 Å². The van der Waals surface area contributed by atoms with Crippen LogP contribution < -0.4 is 5.32 Å². The molecule has 5 nitrogen and oxygen atoms in total. The van der Waals surface area contributed by atoms with Gasteiger partial charge in [-0.3, -0.25) is 9.59 Å². The normalized spacial score (nSPS) is 21.4. The summed E-state index contributed by atoms with van der Waals surface area (Å²) in [5, 5.41) is 22.0. The fourth-order valence-electron chi connectivity index (χ4n) is 2.06. The van der Waals surface area contributed by atoms with Crippen molar-refractivity contribution in [2.24, 2.45) is 5.92 Å². The van der Waals surface area contributed by atoms with Crippen LogP contribution in [0.3, 0.4) is 0 Å². The Balaban J connectivity index is 2.81. The molecule has 1 amide bonds. The van der Waals surface area contributed by atoms with Gasteiger partial charge in [0, 0.05) is 6.42 Å². The Morgan fingerprint density at radius 3 is 2.50 bits per heavy atom. The number of aliphatic hydroxyl groups is 2. The Morgan fingerprint density at radius 2 is 2.06 bits per heavy atom. The fraction of sp³-hybridized carbons (Fsp3) is 0.692. The van der Waals surface area contributed by atoms with Crippen LogP contribution in [-0.2, 0) is 9.59 Å². The van der Waals surface area contributed by atoms with Gasteiger partial charge in [0.2, 0.25) is 0 Å². The van der Waals surface area contributed by atoms with Gasteiger partial charge in [0.1, 0.15) is 11.3 Å². The van der Waals surface area contributed by atoms with Crippen LogP contribution in [0.25, 0.3) is 0 Å². The summed E-state index contributed by atoms with van der Waals surface area (Å²) in [6, 6.07) is -0.500. The lowest BCUT2D eigenvalue weighted by Gasteiger charge is -2.14. The lowest BCUT2D eigenvalue weighted by Crippen LogP contribution is -2.33. The number of hydrogen-bond donors (Lipinski definition) is 3. The molecule has 0 saturated carbocycles. The van der Waals surface area contributed by atoms with E-state index in [0.29, 0.717) is 6.42 Å². The monoisotopic (exact) mass is 255 g/mol. The molecule has 102 valence electrons. The van der Waals surface area contributed by atoms with E-state index >= 15 is 0 Å². The molecule has 1 heterocycles. The summed E-state index contributed by atoms with van der Waals surface area (Å²) in [5.74, 6) is -1.21. The molecule has 18 heavy (non-hydrogen) atoms. The minimum absolute atomic E-state index is 0.0137. The number of amides is 1. The van der Waals surface area contributed by atoms with Crippen molar-refractivity contribution in [1.82, 2.24) is 5.32 Å². The highest BCUT2D eigenvalue weighted by molar-refractivity contribution is 6.21. The van der Waals surface area contributed by atoms with E-state index in [1.54, 1.807) is 0 Å². The van der Waals surface area contributed by atoms with Crippen LogP contribution in [0.1, 0.15) is 40.0 Å². The fourth-order valence-corrected chi connectivity index (χ4v) is 2.06. The van der Waals surface area contributed by atoms with Crippen LogP contribution >= 0.6 is 0 Å². The lowest BCUT2D eigenvalue weighted by atomic mass is 9.99. The number of ketones is 1. The number of aliphatic hydroxyl groups excluding tert-OH is 2. The molecule has 1 aliphatic heterocycles. The predicted molar refractivity (Wildman–Crippen MR) is 67.0 cm³/mol. The second-order valence-corrected chi connectivity index (χ2v) is 5.03. The van der Waals surface area contributed by atoms with Gasteiger partial charge < -0.3 is 15.5 Å². The molecule has 0 spiro atoms. The van der Waals surface area contributed by atoms with E-state index in [0.717, 1.165) is 6.42 Å². The number of hydrogen-bond acceptors (Lipinski definition) is 4. The molecule has 0 aromatic carbocycles. The molecule has 0 radical (unpaired) electrons. The molecule has 1 rings (SSSR count). The summed E-state index contributed by atoms with van der Waals surface area (Å²) in [5.41, 5.74) is -0.191. The van der Waals surface area contributed by atoms with Crippen molar-refractivity contribution >= 4 is 11.7 Å². The first-order valence-corrected chi connectivity index (χ1v) is 6.33. The van der Waals surface area contributed by atoms with Crippen LogP contribution in [0.4, 0.5) is 0 Å². The van der Waals surface area contributed by atoms with Gasteiger partial charge in [-0.05, 0) is 12.3 Å². The van der Waals surface area contributed by atoms with Gasteiger partial charge in [0.25, 0.3) is 5.91 Å². The van der Waals surface area contributed by atoms with Gasteiger partial charge in [-0.15, -0.1) is 0 Å².